The van der Waals surface area contributed by atoms with Gasteiger partial charge >= 0.3 is 0 Å². The van der Waals surface area contributed by atoms with Crippen LogP contribution in [0.3, 0.4) is 0 Å². The number of hydrogen-bond acceptors (Lipinski definition) is 2. The van der Waals surface area contributed by atoms with Crippen molar-refractivity contribution < 1.29 is 9.53 Å². The Bertz CT molecular complexity index is 565. The maximum Gasteiger partial charge on any atom is 0.156 e. The van der Waals surface area contributed by atoms with E-state index in [2.05, 4.69) is 44.2 Å². The summed E-state index contributed by atoms with van der Waals surface area (Å²) in [7, 11) is 0. The summed E-state index contributed by atoms with van der Waals surface area (Å²) in [4.78, 5) is 11.6. The molecule has 2 atom stereocenters. The zero-order valence-corrected chi connectivity index (χ0v) is 11.3. The number of benzene rings is 1. The van der Waals surface area contributed by atoms with Gasteiger partial charge in [0.05, 0.1) is 12.2 Å². The molecule has 0 saturated carbocycles. The summed E-state index contributed by atoms with van der Waals surface area (Å²) in [6.45, 7) is 4.76. The van der Waals surface area contributed by atoms with Crippen molar-refractivity contribution in [3.05, 3.63) is 53.1 Å². The van der Waals surface area contributed by atoms with Crippen LogP contribution in [0.15, 0.2) is 42.0 Å². The summed E-state index contributed by atoms with van der Waals surface area (Å²) >= 11 is 0. The highest BCUT2D eigenvalue weighted by Gasteiger charge is 2.44. The summed E-state index contributed by atoms with van der Waals surface area (Å²) in [5.74, 6) is 0.383. The fourth-order valence-electron chi connectivity index (χ4n) is 2.85. The van der Waals surface area contributed by atoms with E-state index in [4.69, 9.17) is 4.74 Å². The second-order valence-electron chi connectivity index (χ2n) is 5.66. The molecule has 0 bridgehead atoms. The van der Waals surface area contributed by atoms with Crippen LogP contribution in [0.2, 0.25) is 0 Å². The molecule has 19 heavy (non-hydrogen) atoms. The molecular formula is C17H18O2. The number of aryl methyl sites for hydroxylation is 1. The molecule has 1 fully saturated rings. The summed E-state index contributed by atoms with van der Waals surface area (Å²) in [5, 5.41) is 0. The van der Waals surface area contributed by atoms with Crippen LogP contribution < -0.4 is 0 Å². The molecule has 1 aromatic carbocycles. The molecule has 1 aliphatic heterocycles. The molecule has 1 aliphatic carbocycles. The smallest absolute Gasteiger partial charge is 0.156 e. The van der Waals surface area contributed by atoms with Gasteiger partial charge in [-0.05, 0) is 37.1 Å². The summed E-state index contributed by atoms with van der Waals surface area (Å²) in [6, 6.07) is 8.43. The Balaban J connectivity index is 1.92. The first-order valence-corrected chi connectivity index (χ1v) is 6.70. The highest BCUT2D eigenvalue weighted by atomic mass is 16.5. The molecule has 3 rings (SSSR count). The number of ether oxygens (including phenoxy) is 1. The van der Waals surface area contributed by atoms with Crippen LogP contribution >= 0.6 is 0 Å². The third-order valence-electron chi connectivity index (χ3n) is 4.12. The minimum Gasteiger partial charge on any atom is -0.366 e. The number of carbonyl (C=O) groups is 1. The van der Waals surface area contributed by atoms with Crippen LogP contribution in [-0.4, -0.2) is 18.0 Å². The van der Waals surface area contributed by atoms with Crippen LogP contribution in [0.1, 0.15) is 24.5 Å². The Hall–Kier alpha value is -1.67. The summed E-state index contributed by atoms with van der Waals surface area (Å²) in [5.41, 5.74) is 3.36. The number of fused-ring (bicyclic) bond motifs is 1. The molecule has 1 aromatic rings. The number of rotatable bonds is 1. The number of hydrogen-bond donors (Lipinski definition) is 0. The molecule has 0 aromatic heterocycles. The fourth-order valence-corrected chi connectivity index (χ4v) is 2.85. The van der Waals surface area contributed by atoms with Crippen molar-refractivity contribution in [2.75, 3.05) is 6.61 Å². The van der Waals surface area contributed by atoms with Gasteiger partial charge in [0.1, 0.15) is 0 Å². The molecule has 0 radical (unpaired) electrons. The van der Waals surface area contributed by atoms with E-state index in [0.717, 1.165) is 0 Å². The fraction of sp³-hybridized carbons (Fsp3) is 0.353. The van der Waals surface area contributed by atoms with E-state index < -0.39 is 0 Å². The van der Waals surface area contributed by atoms with Crippen LogP contribution in [0, 0.1) is 12.8 Å². The zero-order valence-electron chi connectivity index (χ0n) is 11.3. The van der Waals surface area contributed by atoms with Crippen LogP contribution in [0.4, 0.5) is 0 Å². The number of carbonyl (C=O) groups excluding carboxylic acids is 1. The second-order valence-corrected chi connectivity index (χ2v) is 5.66. The van der Waals surface area contributed by atoms with Crippen molar-refractivity contribution in [3.8, 4) is 0 Å². The minimum absolute atomic E-state index is 0.186. The summed E-state index contributed by atoms with van der Waals surface area (Å²) < 4.78 is 5.89. The molecule has 0 unspecified atom stereocenters. The van der Waals surface area contributed by atoms with Gasteiger partial charge in [-0.3, -0.25) is 4.79 Å². The normalized spacial score (nSPS) is 31.8. The van der Waals surface area contributed by atoms with Crippen molar-refractivity contribution in [2.24, 2.45) is 5.92 Å². The Morgan fingerprint density at radius 3 is 2.79 bits per heavy atom. The quantitative estimate of drug-likeness (QED) is 0.768. The van der Waals surface area contributed by atoms with Gasteiger partial charge in [0.15, 0.2) is 5.78 Å². The molecule has 2 aliphatic rings. The lowest BCUT2D eigenvalue weighted by atomic mass is 9.78. The molecule has 0 amide bonds. The monoisotopic (exact) mass is 254 g/mol. The van der Waals surface area contributed by atoms with E-state index in [0.29, 0.717) is 13.0 Å². The van der Waals surface area contributed by atoms with Crippen molar-refractivity contribution >= 4 is 11.9 Å². The largest absolute Gasteiger partial charge is 0.366 e. The van der Waals surface area contributed by atoms with Gasteiger partial charge in [-0.15, -0.1) is 0 Å². The van der Waals surface area contributed by atoms with Crippen molar-refractivity contribution in [3.63, 3.8) is 0 Å². The van der Waals surface area contributed by atoms with E-state index in [9.17, 15) is 4.79 Å². The Labute approximate surface area is 113 Å². The molecule has 1 heterocycles. The predicted octanol–water partition coefficient (Wildman–Crippen LogP) is 3.31. The lowest BCUT2D eigenvalue weighted by Gasteiger charge is -2.29. The van der Waals surface area contributed by atoms with Crippen LogP contribution in [0.5, 0.6) is 0 Å². The average molecular weight is 254 g/mol. The SMILES string of the molecule is Cc1ccc(/C=C2/CO[C@@]3(C)C=CC(=O)C[C@@H]23)cc1. The molecule has 1 saturated heterocycles. The van der Waals surface area contributed by atoms with Gasteiger partial charge in [0, 0.05) is 12.3 Å². The van der Waals surface area contributed by atoms with Crippen molar-refractivity contribution in [1.29, 1.82) is 0 Å². The topological polar surface area (TPSA) is 26.3 Å². The maximum absolute atomic E-state index is 11.6. The Morgan fingerprint density at radius 1 is 1.32 bits per heavy atom. The van der Waals surface area contributed by atoms with Crippen LogP contribution in [0.25, 0.3) is 6.08 Å². The average Bonchev–Trinajstić information content (AvgIpc) is 2.70. The lowest BCUT2D eigenvalue weighted by molar-refractivity contribution is -0.117. The van der Waals surface area contributed by atoms with Gasteiger partial charge in [0.25, 0.3) is 0 Å². The third kappa shape index (κ3) is 2.28. The molecule has 98 valence electrons. The van der Waals surface area contributed by atoms with E-state index >= 15 is 0 Å². The summed E-state index contributed by atoms with van der Waals surface area (Å²) in [6.07, 6.45) is 6.30. The van der Waals surface area contributed by atoms with Gasteiger partial charge in [-0.2, -0.15) is 0 Å². The van der Waals surface area contributed by atoms with E-state index in [1.807, 2.05) is 6.08 Å². The van der Waals surface area contributed by atoms with E-state index in [1.54, 1.807) is 6.08 Å². The van der Waals surface area contributed by atoms with Crippen molar-refractivity contribution in [2.45, 2.75) is 25.9 Å². The first kappa shape index (κ1) is 12.4. The number of allylic oxidation sites excluding steroid dienone is 1. The Morgan fingerprint density at radius 2 is 2.05 bits per heavy atom. The van der Waals surface area contributed by atoms with E-state index in [-0.39, 0.29) is 17.3 Å². The molecule has 0 N–H and O–H groups in total. The highest BCUT2D eigenvalue weighted by Crippen LogP contribution is 2.42. The Kier molecular flexibility index (Phi) is 2.90. The zero-order chi connectivity index (χ0) is 13.5. The molecule has 2 nitrogen and oxygen atoms in total. The lowest BCUT2D eigenvalue weighted by Crippen LogP contribution is -2.34. The molecule has 2 heteroatoms. The first-order valence-electron chi connectivity index (χ1n) is 6.70. The standard InChI is InChI=1S/C17H18O2/c1-12-3-5-13(6-4-12)9-14-11-19-17(2)8-7-15(18)10-16(14)17/h3-9,16H,10-11H2,1-2H3/b14-9-/t16-,17-/m0/s1. The van der Waals surface area contributed by atoms with Gasteiger partial charge in [-0.1, -0.05) is 35.9 Å². The third-order valence-corrected chi connectivity index (χ3v) is 4.12. The number of ketones is 1. The van der Waals surface area contributed by atoms with Gasteiger partial charge < -0.3 is 4.74 Å². The van der Waals surface area contributed by atoms with Gasteiger partial charge in [0.2, 0.25) is 0 Å². The van der Waals surface area contributed by atoms with E-state index in [1.165, 1.54) is 16.7 Å². The van der Waals surface area contributed by atoms with Crippen molar-refractivity contribution in [1.82, 2.24) is 0 Å². The van der Waals surface area contributed by atoms with Crippen LogP contribution in [-0.2, 0) is 9.53 Å². The maximum atomic E-state index is 11.6. The second kappa shape index (κ2) is 4.46. The minimum atomic E-state index is -0.301. The predicted molar refractivity (Wildman–Crippen MR) is 75.8 cm³/mol. The molecule has 0 spiro atoms. The van der Waals surface area contributed by atoms with Gasteiger partial charge in [-0.25, -0.2) is 0 Å². The first-order chi connectivity index (χ1) is 9.07. The molecular weight excluding hydrogens is 236 g/mol. The highest BCUT2D eigenvalue weighted by molar-refractivity contribution is 5.91.